The highest BCUT2D eigenvalue weighted by molar-refractivity contribution is 5.71. The second-order valence-electron chi connectivity index (χ2n) is 2.26. The van der Waals surface area contributed by atoms with Gasteiger partial charge in [0, 0.05) is 6.07 Å². The van der Waals surface area contributed by atoms with Crippen LogP contribution in [0.5, 0.6) is 0 Å². The lowest BCUT2D eigenvalue weighted by Crippen LogP contribution is -2.06. The van der Waals surface area contributed by atoms with Gasteiger partial charge in [-0.05, 0) is 0 Å². The predicted octanol–water partition coefficient (Wildman–Crippen LogP) is 0.430. The zero-order chi connectivity index (χ0) is 9.14. The number of hydrogen-bond donors (Lipinski definition) is 2. The number of nitrogen functional groups attached to an aromatic ring is 1. The maximum atomic E-state index is 12.4. The van der Waals surface area contributed by atoms with Crippen LogP contribution in [-0.2, 0) is 11.2 Å². The Morgan fingerprint density at radius 3 is 2.92 bits per heavy atom. The Hall–Kier alpha value is -1.65. The third-order valence-corrected chi connectivity index (χ3v) is 1.29. The molecule has 0 amide bonds. The maximum Gasteiger partial charge on any atom is 0.309 e. The van der Waals surface area contributed by atoms with Gasteiger partial charge in [-0.2, -0.15) is 0 Å². The van der Waals surface area contributed by atoms with Crippen LogP contribution in [0, 0.1) is 5.82 Å². The molecule has 0 aliphatic heterocycles. The molecular weight excluding hydrogens is 163 g/mol. The number of anilines is 1. The van der Waals surface area contributed by atoms with Crippen LogP contribution in [0.15, 0.2) is 12.3 Å². The number of carboxylic acids is 1. The number of nitrogens with two attached hydrogens (primary N) is 1. The minimum atomic E-state index is -1.04. The molecule has 4 nitrogen and oxygen atoms in total. The highest BCUT2D eigenvalue weighted by atomic mass is 19.1. The van der Waals surface area contributed by atoms with Gasteiger partial charge in [0.15, 0.2) is 0 Å². The summed E-state index contributed by atoms with van der Waals surface area (Å²) in [6, 6.07) is 1.05. The van der Waals surface area contributed by atoms with Crippen molar-refractivity contribution in [3.8, 4) is 0 Å². The van der Waals surface area contributed by atoms with E-state index in [4.69, 9.17) is 10.8 Å². The topological polar surface area (TPSA) is 76.2 Å². The Labute approximate surface area is 67.8 Å². The van der Waals surface area contributed by atoms with Gasteiger partial charge in [0.1, 0.15) is 5.82 Å². The maximum absolute atomic E-state index is 12.4. The van der Waals surface area contributed by atoms with Gasteiger partial charge >= 0.3 is 5.97 Å². The summed E-state index contributed by atoms with van der Waals surface area (Å²) < 4.78 is 12.4. The number of carboxylic acid groups (broad SMARTS) is 1. The monoisotopic (exact) mass is 170 g/mol. The van der Waals surface area contributed by atoms with Gasteiger partial charge in [-0.1, -0.05) is 0 Å². The summed E-state index contributed by atoms with van der Waals surface area (Å²) in [5.74, 6) is -1.61. The van der Waals surface area contributed by atoms with Gasteiger partial charge in [0.05, 0.1) is 24.0 Å². The first-order valence-corrected chi connectivity index (χ1v) is 3.21. The molecule has 0 unspecified atom stereocenters. The van der Waals surface area contributed by atoms with E-state index in [1.54, 1.807) is 0 Å². The van der Waals surface area contributed by atoms with E-state index in [2.05, 4.69) is 4.98 Å². The van der Waals surface area contributed by atoms with Crippen LogP contribution in [0.25, 0.3) is 0 Å². The lowest BCUT2D eigenvalue weighted by atomic mass is 10.2. The molecule has 12 heavy (non-hydrogen) atoms. The van der Waals surface area contributed by atoms with Gasteiger partial charge in [-0.3, -0.25) is 9.78 Å². The molecule has 0 aliphatic carbocycles. The molecule has 0 aromatic carbocycles. The third kappa shape index (κ3) is 1.91. The van der Waals surface area contributed by atoms with Crippen molar-refractivity contribution >= 4 is 11.7 Å². The lowest BCUT2D eigenvalue weighted by molar-refractivity contribution is -0.136. The van der Waals surface area contributed by atoms with Crippen molar-refractivity contribution < 1.29 is 14.3 Å². The number of aliphatic carboxylic acids is 1. The SMILES string of the molecule is Nc1cc(F)cnc1CC(=O)O. The lowest BCUT2D eigenvalue weighted by Gasteiger charge is -2.00. The normalized spacial score (nSPS) is 9.75. The van der Waals surface area contributed by atoms with Gasteiger partial charge in [-0.25, -0.2) is 4.39 Å². The van der Waals surface area contributed by atoms with E-state index < -0.39 is 11.8 Å². The average Bonchev–Trinajstić information content (AvgIpc) is 1.94. The minimum absolute atomic E-state index is 0.0670. The van der Waals surface area contributed by atoms with E-state index in [1.165, 1.54) is 0 Å². The van der Waals surface area contributed by atoms with Crippen LogP contribution in [0.3, 0.4) is 0 Å². The molecule has 1 heterocycles. The molecule has 0 bridgehead atoms. The largest absolute Gasteiger partial charge is 0.481 e. The van der Waals surface area contributed by atoms with Gasteiger partial charge in [0.25, 0.3) is 0 Å². The summed E-state index contributed by atoms with van der Waals surface area (Å²) in [5, 5.41) is 8.37. The standard InChI is InChI=1S/C7H7FN2O2/c8-4-1-5(9)6(10-3-4)2-7(11)12/h1,3H,2,9H2,(H,11,12). The summed E-state index contributed by atoms with van der Waals surface area (Å²) in [7, 11) is 0. The number of carbonyl (C=O) groups is 1. The summed E-state index contributed by atoms with van der Waals surface area (Å²) in [4.78, 5) is 13.8. The number of pyridine rings is 1. The molecule has 0 saturated heterocycles. The molecule has 0 spiro atoms. The molecule has 0 fully saturated rings. The highest BCUT2D eigenvalue weighted by Crippen LogP contribution is 2.10. The van der Waals surface area contributed by atoms with Crippen molar-refractivity contribution in [1.82, 2.24) is 4.98 Å². The second kappa shape index (κ2) is 3.17. The average molecular weight is 170 g/mol. The third-order valence-electron chi connectivity index (χ3n) is 1.29. The Morgan fingerprint density at radius 1 is 1.75 bits per heavy atom. The van der Waals surface area contributed by atoms with E-state index in [1.807, 2.05) is 0 Å². The van der Waals surface area contributed by atoms with Crippen molar-refractivity contribution in [3.63, 3.8) is 0 Å². The molecule has 0 saturated carbocycles. The molecule has 1 aromatic heterocycles. The zero-order valence-electron chi connectivity index (χ0n) is 6.12. The first-order chi connectivity index (χ1) is 5.59. The minimum Gasteiger partial charge on any atom is -0.481 e. The van der Waals surface area contributed by atoms with Crippen molar-refractivity contribution in [2.75, 3.05) is 5.73 Å². The fourth-order valence-corrected chi connectivity index (χ4v) is 0.774. The molecule has 5 heteroatoms. The quantitative estimate of drug-likeness (QED) is 0.674. The van der Waals surface area contributed by atoms with E-state index in [0.29, 0.717) is 0 Å². The van der Waals surface area contributed by atoms with Crippen LogP contribution in [0.1, 0.15) is 5.69 Å². The Morgan fingerprint density at radius 2 is 2.42 bits per heavy atom. The molecule has 1 aromatic rings. The zero-order valence-corrected chi connectivity index (χ0v) is 6.12. The summed E-state index contributed by atoms with van der Waals surface area (Å²) in [6.45, 7) is 0. The first kappa shape index (κ1) is 8.45. The fraction of sp³-hybridized carbons (Fsp3) is 0.143. The number of nitrogens with zero attached hydrogens (tertiary/aromatic N) is 1. The van der Waals surface area contributed by atoms with Gasteiger partial charge in [-0.15, -0.1) is 0 Å². The predicted molar refractivity (Wildman–Crippen MR) is 39.9 cm³/mol. The molecule has 0 radical (unpaired) electrons. The number of aromatic nitrogens is 1. The summed E-state index contributed by atoms with van der Waals surface area (Å²) in [5.41, 5.74) is 5.56. The summed E-state index contributed by atoms with van der Waals surface area (Å²) in [6.07, 6.45) is 0.654. The van der Waals surface area contributed by atoms with Crippen molar-refractivity contribution in [3.05, 3.63) is 23.8 Å². The number of rotatable bonds is 2. The van der Waals surface area contributed by atoms with Crippen LogP contribution in [-0.4, -0.2) is 16.1 Å². The van der Waals surface area contributed by atoms with Crippen LogP contribution >= 0.6 is 0 Å². The molecule has 64 valence electrons. The van der Waals surface area contributed by atoms with Crippen molar-refractivity contribution in [2.45, 2.75) is 6.42 Å². The smallest absolute Gasteiger partial charge is 0.309 e. The number of hydrogen-bond acceptors (Lipinski definition) is 3. The molecule has 3 N–H and O–H groups in total. The van der Waals surface area contributed by atoms with Crippen molar-refractivity contribution in [2.24, 2.45) is 0 Å². The van der Waals surface area contributed by atoms with Crippen LogP contribution in [0.4, 0.5) is 10.1 Å². The van der Waals surface area contributed by atoms with E-state index in [-0.39, 0.29) is 17.8 Å². The summed E-state index contributed by atoms with van der Waals surface area (Å²) >= 11 is 0. The second-order valence-corrected chi connectivity index (χ2v) is 2.26. The highest BCUT2D eigenvalue weighted by Gasteiger charge is 2.06. The molecular formula is C7H7FN2O2. The van der Waals surface area contributed by atoms with Crippen LogP contribution in [0.2, 0.25) is 0 Å². The van der Waals surface area contributed by atoms with Gasteiger partial charge < -0.3 is 10.8 Å². The molecule has 0 aliphatic rings. The Bertz CT molecular complexity index is 314. The van der Waals surface area contributed by atoms with Gasteiger partial charge in [0.2, 0.25) is 0 Å². The molecule has 1 rings (SSSR count). The van der Waals surface area contributed by atoms with E-state index in [0.717, 1.165) is 12.3 Å². The number of halogens is 1. The van der Waals surface area contributed by atoms with E-state index in [9.17, 15) is 9.18 Å². The first-order valence-electron chi connectivity index (χ1n) is 3.21. The Balaban J connectivity index is 2.93. The molecule has 0 atom stereocenters. The van der Waals surface area contributed by atoms with E-state index >= 15 is 0 Å². The fourth-order valence-electron chi connectivity index (χ4n) is 0.774. The Kier molecular flexibility index (Phi) is 2.23. The van der Waals surface area contributed by atoms with Crippen molar-refractivity contribution in [1.29, 1.82) is 0 Å². The van der Waals surface area contributed by atoms with Crippen LogP contribution < -0.4 is 5.73 Å².